The summed E-state index contributed by atoms with van der Waals surface area (Å²) in [6, 6.07) is 19.2. The van der Waals surface area contributed by atoms with Crippen LogP contribution in [0.1, 0.15) is 16.1 Å². The van der Waals surface area contributed by atoms with Crippen molar-refractivity contribution in [3.63, 3.8) is 0 Å². The van der Waals surface area contributed by atoms with Crippen molar-refractivity contribution < 1.29 is 18.8 Å². The van der Waals surface area contributed by atoms with Crippen molar-refractivity contribution in [2.45, 2.75) is 6.92 Å². The molecule has 0 bridgehead atoms. The molecule has 1 aromatic heterocycles. The van der Waals surface area contributed by atoms with Crippen molar-refractivity contribution in [2.24, 2.45) is 0 Å². The lowest BCUT2D eigenvalue weighted by Gasteiger charge is -2.13. The van der Waals surface area contributed by atoms with Crippen LogP contribution in [0.3, 0.4) is 0 Å². The Labute approximate surface area is 196 Å². The van der Waals surface area contributed by atoms with Crippen LogP contribution in [0.4, 0.5) is 15.8 Å². The Morgan fingerprint density at radius 1 is 0.879 bits per heavy atom. The van der Waals surface area contributed by atoms with Gasteiger partial charge in [-0.1, -0.05) is 34.1 Å². The molecule has 0 radical (unpaired) electrons. The number of anilines is 2. The first kappa shape index (κ1) is 22.2. The van der Waals surface area contributed by atoms with Crippen molar-refractivity contribution in [3.8, 4) is 0 Å². The van der Waals surface area contributed by atoms with Gasteiger partial charge in [0.25, 0.3) is 5.91 Å². The zero-order valence-electron chi connectivity index (χ0n) is 17.4. The van der Waals surface area contributed by atoms with Gasteiger partial charge in [-0.3, -0.25) is 19.8 Å². The number of hydrogen-bond donors (Lipinski definition) is 3. The van der Waals surface area contributed by atoms with Gasteiger partial charge in [0.15, 0.2) is 0 Å². The van der Waals surface area contributed by atoms with Crippen LogP contribution >= 0.6 is 15.9 Å². The average Bonchev–Trinajstić information content (AvgIpc) is 3.14. The molecule has 3 amide bonds. The molecule has 0 spiro atoms. The molecule has 9 heteroatoms. The molecule has 7 nitrogen and oxygen atoms in total. The van der Waals surface area contributed by atoms with E-state index in [9.17, 15) is 18.8 Å². The van der Waals surface area contributed by atoms with Gasteiger partial charge in [0.05, 0.1) is 5.52 Å². The number of nitrogens with one attached hydrogen (secondary N) is 3. The number of hydrogen-bond acceptors (Lipinski definition) is 3. The highest BCUT2D eigenvalue weighted by Crippen LogP contribution is 2.24. The highest BCUT2D eigenvalue weighted by Gasteiger charge is 2.21. The summed E-state index contributed by atoms with van der Waals surface area (Å²) in [6.45, 7) is 1.86. The Morgan fingerprint density at radius 2 is 1.61 bits per heavy atom. The summed E-state index contributed by atoms with van der Waals surface area (Å²) in [6.07, 6.45) is 0. The van der Waals surface area contributed by atoms with Gasteiger partial charge in [0.2, 0.25) is 0 Å². The first-order valence-electron chi connectivity index (χ1n) is 9.88. The first-order valence-corrected chi connectivity index (χ1v) is 10.7. The topological polar surface area (TPSA) is 92.2 Å². The number of aromatic nitrogens is 1. The lowest BCUT2D eigenvalue weighted by Crippen LogP contribution is -2.36. The number of carbonyl (C=O) groups excluding carboxylic acids is 3. The summed E-state index contributed by atoms with van der Waals surface area (Å²) in [5, 5.41) is 5.91. The third-order valence-electron chi connectivity index (χ3n) is 4.91. The van der Waals surface area contributed by atoms with Crippen LogP contribution in [0.15, 0.2) is 77.3 Å². The molecular weight excluding hydrogens is 491 g/mol. The van der Waals surface area contributed by atoms with Gasteiger partial charge in [-0.2, -0.15) is 0 Å². The van der Waals surface area contributed by atoms with Crippen molar-refractivity contribution in [1.82, 2.24) is 4.68 Å². The minimum atomic E-state index is -0.996. The second-order valence-electron chi connectivity index (χ2n) is 7.24. The number of fused-ring (bicyclic) bond motifs is 1. The number of halogens is 2. The molecule has 0 unspecified atom stereocenters. The summed E-state index contributed by atoms with van der Waals surface area (Å²) < 4.78 is 15.1. The standard InChI is InChI=1S/C24H18BrFN4O3/c1-14-4-2-3-5-19(14)28-22(31)21-13-15-12-16(25)6-11-20(15)30(21)29-24(33)23(32)27-18-9-7-17(26)8-10-18/h2-13H,1H3,(H,27,32)(H,28,31)(H,29,33). The molecule has 0 fully saturated rings. The van der Waals surface area contributed by atoms with E-state index in [1.54, 1.807) is 36.4 Å². The zero-order valence-corrected chi connectivity index (χ0v) is 18.9. The van der Waals surface area contributed by atoms with E-state index in [4.69, 9.17) is 0 Å². The van der Waals surface area contributed by atoms with Crippen LogP contribution in [0.2, 0.25) is 0 Å². The summed E-state index contributed by atoms with van der Waals surface area (Å²) in [5.41, 5.74) is 4.90. The number of nitrogens with zero attached hydrogens (tertiary/aromatic N) is 1. The van der Waals surface area contributed by atoms with Crippen LogP contribution in [0, 0.1) is 12.7 Å². The highest BCUT2D eigenvalue weighted by molar-refractivity contribution is 9.10. The summed E-state index contributed by atoms with van der Waals surface area (Å²) >= 11 is 3.39. The van der Waals surface area contributed by atoms with E-state index in [-0.39, 0.29) is 11.4 Å². The fourth-order valence-electron chi connectivity index (χ4n) is 3.25. The minimum Gasteiger partial charge on any atom is -0.320 e. The Morgan fingerprint density at radius 3 is 2.33 bits per heavy atom. The fraction of sp³-hybridized carbons (Fsp3) is 0.0417. The smallest absolute Gasteiger partial charge is 0.320 e. The van der Waals surface area contributed by atoms with E-state index < -0.39 is 23.5 Å². The molecule has 0 saturated heterocycles. The lowest BCUT2D eigenvalue weighted by molar-refractivity contribution is -0.133. The lowest BCUT2D eigenvalue weighted by atomic mass is 10.2. The van der Waals surface area contributed by atoms with Crippen molar-refractivity contribution in [3.05, 3.63) is 94.3 Å². The van der Waals surface area contributed by atoms with Crippen molar-refractivity contribution >= 4 is 55.9 Å². The maximum absolute atomic E-state index is 13.1. The maximum Gasteiger partial charge on any atom is 0.328 e. The molecule has 0 atom stereocenters. The number of aryl methyl sites for hydroxylation is 1. The zero-order chi connectivity index (χ0) is 23.5. The average molecular weight is 509 g/mol. The molecule has 0 aliphatic rings. The van der Waals surface area contributed by atoms with E-state index in [0.717, 1.165) is 10.0 Å². The van der Waals surface area contributed by atoms with Gasteiger partial charge >= 0.3 is 11.8 Å². The van der Waals surface area contributed by atoms with Gasteiger partial charge in [-0.05, 0) is 67.1 Å². The summed E-state index contributed by atoms with van der Waals surface area (Å²) in [7, 11) is 0. The molecule has 0 saturated carbocycles. The predicted octanol–water partition coefficient (Wildman–Crippen LogP) is 4.81. The van der Waals surface area contributed by atoms with Crippen molar-refractivity contribution in [1.29, 1.82) is 0 Å². The second kappa shape index (κ2) is 9.25. The third kappa shape index (κ3) is 4.93. The molecule has 4 aromatic rings. The van der Waals surface area contributed by atoms with Gasteiger partial charge < -0.3 is 10.6 Å². The molecular formula is C24H18BrFN4O3. The number of benzene rings is 3. The predicted molar refractivity (Wildman–Crippen MR) is 128 cm³/mol. The number of rotatable bonds is 4. The molecule has 166 valence electrons. The van der Waals surface area contributed by atoms with Crippen LogP contribution in [0.5, 0.6) is 0 Å². The number of amides is 3. The van der Waals surface area contributed by atoms with Crippen LogP contribution < -0.4 is 16.1 Å². The van der Waals surface area contributed by atoms with E-state index in [1.807, 2.05) is 19.1 Å². The number of carbonyl (C=O) groups is 3. The minimum absolute atomic E-state index is 0.134. The quantitative estimate of drug-likeness (QED) is 0.345. The van der Waals surface area contributed by atoms with Gasteiger partial charge in [-0.25, -0.2) is 9.07 Å². The first-order chi connectivity index (χ1) is 15.8. The largest absolute Gasteiger partial charge is 0.328 e. The molecule has 1 heterocycles. The van der Waals surface area contributed by atoms with Gasteiger partial charge in [-0.15, -0.1) is 0 Å². The van der Waals surface area contributed by atoms with E-state index >= 15 is 0 Å². The van der Waals surface area contributed by atoms with Gasteiger partial charge in [0, 0.05) is 21.2 Å². The summed E-state index contributed by atoms with van der Waals surface area (Å²) in [5.74, 6) is -2.89. The monoisotopic (exact) mass is 508 g/mol. The molecule has 3 N–H and O–H groups in total. The Bertz CT molecular complexity index is 1380. The van der Waals surface area contributed by atoms with E-state index in [1.165, 1.54) is 28.9 Å². The maximum atomic E-state index is 13.1. The Balaban J connectivity index is 1.63. The van der Waals surface area contributed by atoms with E-state index in [2.05, 4.69) is 32.0 Å². The third-order valence-corrected chi connectivity index (χ3v) is 5.40. The number of para-hydroxylation sites is 1. The Hall–Kier alpha value is -3.98. The SMILES string of the molecule is Cc1ccccc1NC(=O)c1cc2cc(Br)ccc2n1NC(=O)C(=O)Nc1ccc(F)cc1. The van der Waals surface area contributed by atoms with Crippen LogP contribution in [-0.2, 0) is 9.59 Å². The molecule has 0 aliphatic carbocycles. The van der Waals surface area contributed by atoms with Crippen LogP contribution in [0.25, 0.3) is 10.9 Å². The highest BCUT2D eigenvalue weighted by atomic mass is 79.9. The Kier molecular flexibility index (Phi) is 6.23. The van der Waals surface area contributed by atoms with Crippen molar-refractivity contribution in [2.75, 3.05) is 16.1 Å². The molecule has 3 aromatic carbocycles. The van der Waals surface area contributed by atoms with E-state index in [0.29, 0.717) is 16.6 Å². The molecule has 4 rings (SSSR count). The summed E-state index contributed by atoms with van der Waals surface area (Å²) in [4.78, 5) is 38.1. The normalized spacial score (nSPS) is 10.6. The van der Waals surface area contributed by atoms with Gasteiger partial charge in [0.1, 0.15) is 11.5 Å². The molecule has 0 aliphatic heterocycles. The fourth-order valence-corrected chi connectivity index (χ4v) is 3.63. The van der Waals surface area contributed by atoms with Crippen LogP contribution in [-0.4, -0.2) is 22.4 Å². The second-order valence-corrected chi connectivity index (χ2v) is 8.15. The molecule has 33 heavy (non-hydrogen) atoms.